The maximum atomic E-state index is 11.7. The fourth-order valence-electron chi connectivity index (χ4n) is 3.09. The van der Waals surface area contributed by atoms with E-state index in [1.807, 2.05) is 12.1 Å². The summed E-state index contributed by atoms with van der Waals surface area (Å²) in [4.78, 5) is 18.3. The Kier molecular flexibility index (Phi) is 4.74. The highest BCUT2D eigenvalue weighted by atomic mass is 32.2. The van der Waals surface area contributed by atoms with E-state index >= 15 is 0 Å². The Hall–Kier alpha value is -1.77. The van der Waals surface area contributed by atoms with E-state index in [4.69, 9.17) is 0 Å². The van der Waals surface area contributed by atoms with Crippen molar-refractivity contribution >= 4 is 28.0 Å². The summed E-state index contributed by atoms with van der Waals surface area (Å²) in [5, 5.41) is 0.965. The molecule has 0 spiro atoms. The van der Waals surface area contributed by atoms with E-state index in [0.717, 1.165) is 37.0 Å². The molecule has 1 aliphatic rings. The standard InChI is InChI=1S/C15H20N4O3S/c1-18-14(20)3-2-12-13(4-7-16-15(12)18)19-8-5-11(6-9-19)10-17-23(21)22/h2-4,7,11,17H,5-6,8-10H2,1H3,(H,21,22)/p-1. The largest absolute Gasteiger partial charge is 0.760 e. The van der Waals surface area contributed by atoms with Crippen LogP contribution in [0.25, 0.3) is 11.0 Å². The molecule has 1 fully saturated rings. The van der Waals surface area contributed by atoms with Gasteiger partial charge in [0.1, 0.15) is 5.65 Å². The zero-order valence-corrected chi connectivity index (χ0v) is 13.7. The molecule has 0 aromatic carbocycles. The zero-order valence-electron chi connectivity index (χ0n) is 12.9. The van der Waals surface area contributed by atoms with Crippen LogP contribution in [0.2, 0.25) is 0 Å². The molecule has 1 N–H and O–H groups in total. The van der Waals surface area contributed by atoms with Gasteiger partial charge in [-0.15, -0.1) is 0 Å². The molecule has 0 amide bonds. The van der Waals surface area contributed by atoms with Gasteiger partial charge >= 0.3 is 0 Å². The average molecular weight is 335 g/mol. The second-order valence-electron chi connectivity index (χ2n) is 5.81. The van der Waals surface area contributed by atoms with E-state index in [-0.39, 0.29) is 5.56 Å². The number of hydrogen-bond donors (Lipinski definition) is 1. The molecule has 1 atom stereocenters. The molecule has 3 rings (SSSR count). The molecule has 23 heavy (non-hydrogen) atoms. The molecular formula is C15H19N4O3S-. The second-order valence-corrected chi connectivity index (χ2v) is 6.57. The van der Waals surface area contributed by atoms with E-state index < -0.39 is 11.3 Å². The highest BCUT2D eigenvalue weighted by Gasteiger charge is 2.21. The quantitative estimate of drug-likeness (QED) is 0.823. The van der Waals surface area contributed by atoms with E-state index in [1.54, 1.807) is 23.9 Å². The molecule has 2 aromatic rings. The number of piperidine rings is 1. The van der Waals surface area contributed by atoms with Gasteiger partial charge in [0.2, 0.25) is 0 Å². The third kappa shape index (κ3) is 3.44. The summed E-state index contributed by atoms with van der Waals surface area (Å²) >= 11 is -2.19. The van der Waals surface area contributed by atoms with Gasteiger partial charge in [0.25, 0.3) is 5.56 Å². The number of nitrogens with one attached hydrogen (secondary N) is 1. The number of anilines is 1. The first-order valence-electron chi connectivity index (χ1n) is 7.58. The van der Waals surface area contributed by atoms with Crippen molar-refractivity contribution < 1.29 is 8.76 Å². The van der Waals surface area contributed by atoms with Crippen LogP contribution in [-0.2, 0) is 18.3 Å². The summed E-state index contributed by atoms with van der Waals surface area (Å²) in [6.07, 6.45) is 3.59. The van der Waals surface area contributed by atoms with Crippen LogP contribution in [0.15, 0.2) is 29.2 Å². The predicted molar refractivity (Wildman–Crippen MR) is 88.8 cm³/mol. The van der Waals surface area contributed by atoms with Gasteiger partial charge < -0.3 is 9.45 Å². The summed E-state index contributed by atoms with van der Waals surface area (Å²) in [6.45, 7) is 2.22. The number of pyridine rings is 2. The molecule has 0 radical (unpaired) electrons. The summed E-state index contributed by atoms with van der Waals surface area (Å²) in [6, 6.07) is 5.36. The molecule has 7 nitrogen and oxygen atoms in total. The van der Waals surface area contributed by atoms with Crippen molar-refractivity contribution in [1.82, 2.24) is 14.3 Å². The van der Waals surface area contributed by atoms with Crippen molar-refractivity contribution in [3.05, 3.63) is 34.7 Å². The lowest BCUT2D eigenvalue weighted by Crippen LogP contribution is -2.37. The summed E-state index contributed by atoms with van der Waals surface area (Å²) in [5.41, 5.74) is 1.68. The minimum atomic E-state index is -2.19. The van der Waals surface area contributed by atoms with Crippen molar-refractivity contribution in [3.8, 4) is 0 Å². The smallest absolute Gasteiger partial charge is 0.251 e. The van der Waals surface area contributed by atoms with E-state index in [1.165, 1.54) is 0 Å². The van der Waals surface area contributed by atoms with Crippen molar-refractivity contribution in [2.45, 2.75) is 12.8 Å². The first-order chi connectivity index (χ1) is 11.1. The SMILES string of the molecule is Cn1c(=O)ccc2c(N3CCC(CNS(=O)[O-])CC3)ccnc21. The number of fused-ring (bicyclic) bond motifs is 1. The predicted octanol–water partition coefficient (Wildman–Crippen LogP) is 0.534. The van der Waals surface area contributed by atoms with Crippen molar-refractivity contribution in [1.29, 1.82) is 0 Å². The number of aryl methyl sites for hydroxylation is 1. The normalized spacial score (nSPS) is 17.6. The lowest BCUT2D eigenvalue weighted by atomic mass is 9.96. The molecule has 8 heteroatoms. The van der Waals surface area contributed by atoms with E-state index in [0.29, 0.717) is 18.1 Å². The summed E-state index contributed by atoms with van der Waals surface area (Å²) in [7, 11) is 1.72. The molecular weight excluding hydrogens is 316 g/mol. The van der Waals surface area contributed by atoms with Gasteiger partial charge in [0.05, 0.1) is 0 Å². The molecule has 1 unspecified atom stereocenters. The van der Waals surface area contributed by atoms with Crippen LogP contribution in [0.5, 0.6) is 0 Å². The first kappa shape index (κ1) is 16.1. The van der Waals surface area contributed by atoms with Crippen molar-refractivity contribution in [2.24, 2.45) is 13.0 Å². The minimum Gasteiger partial charge on any atom is -0.760 e. The number of nitrogens with zero attached hydrogens (tertiary/aromatic N) is 3. The van der Waals surface area contributed by atoms with E-state index in [9.17, 15) is 13.6 Å². The average Bonchev–Trinajstić information content (AvgIpc) is 2.56. The van der Waals surface area contributed by atoms with Gasteiger partial charge in [-0.3, -0.25) is 13.6 Å². The lowest BCUT2D eigenvalue weighted by Gasteiger charge is -2.34. The molecule has 0 bridgehead atoms. The van der Waals surface area contributed by atoms with Gasteiger partial charge in [0, 0.05) is 61.3 Å². The Morgan fingerprint density at radius 1 is 1.35 bits per heavy atom. The molecule has 124 valence electrons. The monoisotopic (exact) mass is 335 g/mol. The van der Waals surface area contributed by atoms with Crippen LogP contribution in [0.3, 0.4) is 0 Å². The molecule has 3 heterocycles. The van der Waals surface area contributed by atoms with Gasteiger partial charge in [-0.05, 0) is 30.9 Å². The van der Waals surface area contributed by atoms with Gasteiger partial charge in [-0.25, -0.2) is 9.71 Å². The van der Waals surface area contributed by atoms with Crippen LogP contribution in [0.4, 0.5) is 5.69 Å². The topological polar surface area (TPSA) is 90.3 Å². The Bertz CT molecular complexity index is 784. The Balaban J connectivity index is 1.79. The van der Waals surface area contributed by atoms with Gasteiger partial charge in [-0.1, -0.05) is 0 Å². The highest BCUT2D eigenvalue weighted by Crippen LogP contribution is 2.28. The maximum Gasteiger partial charge on any atom is 0.251 e. The van der Waals surface area contributed by atoms with Crippen LogP contribution in [-0.4, -0.2) is 37.9 Å². The Labute approximate surface area is 136 Å². The molecule has 1 saturated heterocycles. The zero-order chi connectivity index (χ0) is 16.4. The highest BCUT2D eigenvalue weighted by molar-refractivity contribution is 7.77. The lowest BCUT2D eigenvalue weighted by molar-refractivity contribution is 0.399. The molecule has 1 aliphatic heterocycles. The van der Waals surface area contributed by atoms with Gasteiger partial charge in [-0.2, -0.15) is 0 Å². The number of aromatic nitrogens is 2. The van der Waals surface area contributed by atoms with Gasteiger partial charge in [0.15, 0.2) is 0 Å². The number of hydrogen-bond acceptors (Lipinski definition) is 5. The molecule has 0 saturated carbocycles. The fourth-order valence-corrected chi connectivity index (χ4v) is 3.46. The fraction of sp³-hybridized carbons (Fsp3) is 0.467. The minimum absolute atomic E-state index is 0.0717. The van der Waals surface area contributed by atoms with E-state index in [2.05, 4.69) is 14.6 Å². The van der Waals surface area contributed by atoms with Crippen molar-refractivity contribution in [2.75, 3.05) is 24.5 Å². The number of rotatable bonds is 4. The third-order valence-electron chi connectivity index (χ3n) is 4.43. The van der Waals surface area contributed by atoms with Crippen LogP contribution < -0.4 is 15.2 Å². The molecule has 0 aliphatic carbocycles. The van der Waals surface area contributed by atoms with Crippen LogP contribution in [0.1, 0.15) is 12.8 Å². The maximum absolute atomic E-state index is 11.7. The van der Waals surface area contributed by atoms with Crippen molar-refractivity contribution in [3.63, 3.8) is 0 Å². The summed E-state index contributed by atoms with van der Waals surface area (Å²) < 4.78 is 25.2. The second kappa shape index (κ2) is 6.77. The van der Waals surface area contributed by atoms with Crippen LogP contribution >= 0.6 is 0 Å². The van der Waals surface area contributed by atoms with Crippen LogP contribution in [0, 0.1) is 5.92 Å². The Morgan fingerprint density at radius 2 is 2.09 bits per heavy atom. The summed E-state index contributed by atoms with van der Waals surface area (Å²) in [5.74, 6) is 0.363. The third-order valence-corrected chi connectivity index (χ3v) is 4.83. The first-order valence-corrected chi connectivity index (χ1v) is 8.66. The molecule has 2 aromatic heterocycles. The Morgan fingerprint density at radius 3 is 2.78 bits per heavy atom.